The number of Topliss-reactive ketones (excluding diaryl/α,β-unsaturated/α-hetero) is 1. The molecular formula is C17H23NO5. The quantitative estimate of drug-likeness (QED) is 0.554. The van der Waals surface area contributed by atoms with Gasteiger partial charge in [-0.3, -0.25) is 9.59 Å². The highest BCUT2D eigenvalue weighted by Crippen LogP contribution is 2.27. The Kier molecular flexibility index (Phi) is 5.98. The lowest BCUT2D eigenvalue weighted by Crippen LogP contribution is -2.40. The summed E-state index contributed by atoms with van der Waals surface area (Å²) < 4.78 is 15.4. The summed E-state index contributed by atoms with van der Waals surface area (Å²) in [5.74, 6) is 0.479. The van der Waals surface area contributed by atoms with Crippen molar-refractivity contribution in [2.24, 2.45) is 0 Å². The van der Waals surface area contributed by atoms with Gasteiger partial charge in [0, 0.05) is 12.1 Å². The van der Waals surface area contributed by atoms with Crippen LogP contribution < -0.4 is 14.8 Å². The number of nitrogens with one attached hydrogen (secondary N) is 1. The van der Waals surface area contributed by atoms with Crippen molar-refractivity contribution in [3.05, 3.63) is 23.8 Å². The number of esters is 1. The van der Waals surface area contributed by atoms with Gasteiger partial charge in [-0.05, 0) is 31.9 Å². The van der Waals surface area contributed by atoms with Gasteiger partial charge in [0.25, 0.3) is 0 Å². The van der Waals surface area contributed by atoms with Crippen LogP contribution in [-0.2, 0) is 9.53 Å². The lowest BCUT2D eigenvalue weighted by molar-refractivity contribution is -0.143. The number of hydrogen-bond acceptors (Lipinski definition) is 6. The van der Waals surface area contributed by atoms with E-state index in [9.17, 15) is 9.59 Å². The van der Waals surface area contributed by atoms with E-state index in [-0.39, 0.29) is 18.2 Å². The highest BCUT2D eigenvalue weighted by atomic mass is 16.5. The predicted molar refractivity (Wildman–Crippen MR) is 85.1 cm³/mol. The van der Waals surface area contributed by atoms with Crippen LogP contribution in [0.5, 0.6) is 11.5 Å². The molecule has 1 unspecified atom stereocenters. The van der Waals surface area contributed by atoms with E-state index in [1.54, 1.807) is 32.2 Å². The third kappa shape index (κ3) is 4.69. The second-order valence-electron chi connectivity index (χ2n) is 5.43. The first kappa shape index (κ1) is 17.3. The first-order valence-electron chi connectivity index (χ1n) is 7.77. The SMILES string of the molecule is CCOC(=O)CC(NC1CC1)C(=O)c1ccc(OC)cc1OC. The third-order valence-corrected chi connectivity index (χ3v) is 3.68. The summed E-state index contributed by atoms with van der Waals surface area (Å²) in [6.45, 7) is 2.05. The van der Waals surface area contributed by atoms with Gasteiger partial charge in [0.2, 0.25) is 0 Å². The minimum absolute atomic E-state index is 0.0123. The average Bonchev–Trinajstić information content (AvgIpc) is 3.37. The summed E-state index contributed by atoms with van der Waals surface area (Å²) in [6, 6.07) is 4.71. The summed E-state index contributed by atoms with van der Waals surface area (Å²) in [4.78, 5) is 24.6. The lowest BCUT2D eigenvalue weighted by Gasteiger charge is -2.18. The number of hydrogen-bond donors (Lipinski definition) is 1. The van der Waals surface area contributed by atoms with Gasteiger partial charge < -0.3 is 19.5 Å². The molecule has 0 bridgehead atoms. The monoisotopic (exact) mass is 321 g/mol. The first-order chi connectivity index (χ1) is 11.1. The molecule has 23 heavy (non-hydrogen) atoms. The van der Waals surface area contributed by atoms with E-state index in [0.29, 0.717) is 29.7 Å². The lowest BCUT2D eigenvalue weighted by atomic mass is 10.00. The molecule has 1 aromatic carbocycles. The van der Waals surface area contributed by atoms with Crippen molar-refractivity contribution in [1.82, 2.24) is 5.32 Å². The smallest absolute Gasteiger partial charge is 0.307 e. The zero-order chi connectivity index (χ0) is 16.8. The van der Waals surface area contributed by atoms with E-state index in [4.69, 9.17) is 14.2 Å². The minimum atomic E-state index is -0.608. The maximum Gasteiger partial charge on any atom is 0.307 e. The molecule has 0 amide bonds. The Morgan fingerprint density at radius 2 is 2.00 bits per heavy atom. The molecular weight excluding hydrogens is 298 g/mol. The van der Waals surface area contributed by atoms with Crippen LogP contribution in [0.2, 0.25) is 0 Å². The molecule has 1 aliphatic carbocycles. The zero-order valence-corrected chi connectivity index (χ0v) is 13.8. The highest BCUT2D eigenvalue weighted by molar-refractivity contribution is 6.04. The molecule has 0 heterocycles. The Hall–Kier alpha value is -2.08. The normalized spacial score (nSPS) is 14.9. The summed E-state index contributed by atoms with van der Waals surface area (Å²) in [6.07, 6.45) is 2.05. The zero-order valence-electron chi connectivity index (χ0n) is 13.8. The Morgan fingerprint density at radius 3 is 2.57 bits per heavy atom. The molecule has 0 radical (unpaired) electrons. The fourth-order valence-corrected chi connectivity index (χ4v) is 2.34. The second-order valence-corrected chi connectivity index (χ2v) is 5.43. The molecule has 1 N–H and O–H groups in total. The number of methoxy groups -OCH3 is 2. The molecule has 1 atom stereocenters. The van der Waals surface area contributed by atoms with Crippen molar-refractivity contribution < 1.29 is 23.8 Å². The van der Waals surface area contributed by atoms with Crippen LogP contribution in [-0.4, -0.2) is 44.7 Å². The van der Waals surface area contributed by atoms with Crippen LogP contribution in [0.25, 0.3) is 0 Å². The third-order valence-electron chi connectivity index (χ3n) is 3.68. The Bertz CT molecular complexity index is 568. The standard InChI is InChI=1S/C17H23NO5/c1-4-23-16(19)10-14(18-11-5-6-11)17(20)13-8-7-12(21-2)9-15(13)22-3/h7-9,11,14,18H,4-6,10H2,1-3H3. The van der Waals surface area contributed by atoms with Crippen LogP contribution in [0.1, 0.15) is 36.5 Å². The van der Waals surface area contributed by atoms with Crippen LogP contribution in [0, 0.1) is 0 Å². The van der Waals surface area contributed by atoms with Gasteiger partial charge in [0.1, 0.15) is 11.5 Å². The number of ether oxygens (including phenoxy) is 3. The number of benzene rings is 1. The molecule has 1 fully saturated rings. The van der Waals surface area contributed by atoms with Gasteiger partial charge in [-0.2, -0.15) is 0 Å². The van der Waals surface area contributed by atoms with Crippen LogP contribution in [0.15, 0.2) is 18.2 Å². The highest BCUT2D eigenvalue weighted by Gasteiger charge is 2.32. The maximum atomic E-state index is 12.8. The molecule has 1 saturated carbocycles. The second kappa shape index (κ2) is 7.97. The first-order valence-corrected chi connectivity index (χ1v) is 7.77. The predicted octanol–water partition coefficient (Wildman–Crippen LogP) is 1.96. The average molecular weight is 321 g/mol. The molecule has 0 aromatic heterocycles. The van der Waals surface area contributed by atoms with Gasteiger partial charge in [-0.15, -0.1) is 0 Å². The Balaban J connectivity index is 2.19. The molecule has 126 valence electrons. The van der Waals surface area contributed by atoms with E-state index < -0.39 is 6.04 Å². The summed E-state index contributed by atoms with van der Waals surface area (Å²) in [7, 11) is 3.05. The van der Waals surface area contributed by atoms with Crippen molar-refractivity contribution >= 4 is 11.8 Å². The van der Waals surface area contributed by atoms with Crippen LogP contribution >= 0.6 is 0 Å². The van der Waals surface area contributed by atoms with E-state index >= 15 is 0 Å². The minimum Gasteiger partial charge on any atom is -0.497 e. The van der Waals surface area contributed by atoms with Crippen molar-refractivity contribution in [2.75, 3.05) is 20.8 Å². The van der Waals surface area contributed by atoms with Gasteiger partial charge in [-0.1, -0.05) is 0 Å². The summed E-state index contributed by atoms with van der Waals surface area (Å²) in [5, 5.41) is 3.22. The molecule has 0 aliphatic heterocycles. The van der Waals surface area contributed by atoms with Crippen LogP contribution in [0.4, 0.5) is 0 Å². The van der Waals surface area contributed by atoms with Crippen molar-refractivity contribution in [3.63, 3.8) is 0 Å². The van der Waals surface area contributed by atoms with Gasteiger partial charge in [0.15, 0.2) is 5.78 Å². The number of carbonyl (C=O) groups excluding carboxylic acids is 2. The Labute approximate surface area is 136 Å². The van der Waals surface area contributed by atoms with E-state index in [1.165, 1.54) is 7.11 Å². The van der Waals surface area contributed by atoms with Crippen LogP contribution in [0.3, 0.4) is 0 Å². The number of carbonyl (C=O) groups is 2. The molecule has 6 nitrogen and oxygen atoms in total. The van der Waals surface area contributed by atoms with Gasteiger partial charge in [0.05, 0.1) is 38.9 Å². The van der Waals surface area contributed by atoms with E-state index in [0.717, 1.165) is 12.8 Å². The van der Waals surface area contributed by atoms with Gasteiger partial charge >= 0.3 is 5.97 Å². The molecule has 6 heteroatoms. The van der Waals surface area contributed by atoms with Crippen molar-refractivity contribution in [2.45, 2.75) is 38.3 Å². The molecule has 0 spiro atoms. The molecule has 1 aliphatic rings. The van der Waals surface area contributed by atoms with E-state index in [2.05, 4.69) is 5.32 Å². The summed E-state index contributed by atoms with van der Waals surface area (Å²) in [5.41, 5.74) is 0.427. The number of rotatable bonds is 9. The Morgan fingerprint density at radius 1 is 1.26 bits per heavy atom. The van der Waals surface area contributed by atoms with Crippen molar-refractivity contribution in [3.8, 4) is 11.5 Å². The van der Waals surface area contributed by atoms with Crippen molar-refractivity contribution in [1.29, 1.82) is 0 Å². The van der Waals surface area contributed by atoms with Gasteiger partial charge in [-0.25, -0.2) is 0 Å². The number of ketones is 1. The maximum absolute atomic E-state index is 12.8. The van der Waals surface area contributed by atoms with E-state index in [1.807, 2.05) is 0 Å². The largest absolute Gasteiger partial charge is 0.497 e. The summed E-state index contributed by atoms with van der Waals surface area (Å²) >= 11 is 0. The molecule has 1 aromatic rings. The fraction of sp³-hybridized carbons (Fsp3) is 0.529. The fourth-order valence-electron chi connectivity index (χ4n) is 2.34. The molecule has 2 rings (SSSR count). The topological polar surface area (TPSA) is 73.9 Å². The molecule has 0 saturated heterocycles.